The maximum atomic E-state index is 13.2. The van der Waals surface area contributed by atoms with Gasteiger partial charge in [0.2, 0.25) is 0 Å². The molecule has 1 fully saturated rings. The highest BCUT2D eigenvalue weighted by Gasteiger charge is 2.36. The molecule has 1 aromatic carbocycles. The Bertz CT molecular complexity index is 399. The van der Waals surface area contributed by atoms with Gasteiger partial charge in [0.05, 0.1) is 0 Å². The Kier molecular flexibility index (Phi) is 2.93. The van der Waals surface area contributed by atoms with Gasteiger partial charge >= 0.3 is 0 Å². The van der Waals surface area contributed by atoms with E-state index in [1.165, 1.54) is 12.8 Å². The minimum Gasteiger partial charge on any atom is -0.312 e. The van der Waals surface area contributed by atoms with E-state index in [-0.39, 0.29) is 12.1 Å². The predicted molar refractivity (Wildman–Crippen MR) is 55.4 cm³/mol. The summed E-state index contributed by atoms with van der Waals surface area (Å²) in [6, 6.07) is 1.50. The zero-order valence-electron chi connectivity index (χ0n) is 9.12. The van der Waals surface area contributed by atoms with E-state index < -0.39 is 17.5 Å². The fraction of sp³-hybridized carbons (Fsp3) is 0.500. The molecule has 0 radical (unpaired) electrons. The second-order valence-corrected chi connectivity index (χ2v) is 4.77. The van der Waals surface area contributed by atoms with Gasteiger partial charge in [-0.15, -0.1) is 0 Å². The van der Waals surface area contributed by atoms with Crippen LogP contribution in [0.25, 0.3) is 0 Å². The summed E-state index contributed by atoms with van der Waals surface area (Å²) in [5.41, 5.74) is 0.484. The van der Waals surface area contributed by atoms with E-state index in [2.05, 4.69) is 12.2 Å². The molecule has 0 spiro atoms. The van der Waals surface area contributed by atoms with Gasteiger partial charge in [-0.1, -0.05) is 6.92 Å². The lowest BCUT2D eigenvalue weighted by molar-refractivity contribution is 0.472. The number of hydrogen-bond acceptors (Lipinski definition) is 1. The third-order valence-corrected chi connectivity index (χ3v) is 3.06. The summed E-state index contributed by atoms with van der Waals surface area (Å²) in [5.74, 6) is -2.85. The minimum atomic E-state index is -1.14. The van der Waals surface area contributed by atoms with Gasteiger partial charge in [-0.25, -0.2) is 13.2 Å². The van der Waals surface area contributed by atoms with Crippen LogP contribution in [0.5, 0.6) is 0 Å². The van der Waals surface area contributed by atoms with Crippen molar-refractivity contribution in [1.82, 2.24) is 5.32 Å². The first kappa shape index (κ1) is 11.5. The molecule has 1 saturated carbocycles. The van der Waals surface area contributed by atoms with Crippen LogP contribution in [0, 0.1) is 22.9 Å². The zero-order chi connectivity index (χ0) is 11.8. The number of rotatable bonds is 4. The first-order chi connectivity index (χ1) is 7.50. The summed E-state index contributed by atoms with van der Waals surface area (Å²) in [6.45, 7) is 3.16. The largest absolute Gasteiger partial charge is 0.312 e. The topological polar surface area (TPSA) is 12.0 Å². The first-order valence-electron chi connectivity index (χ1n) is 5.34. The third kappa shape index (κ3) is 2.55. The minimum absolute atomic E-state index is 0.170. The number of nitrogens with one attached hydrogen (secondary N) is 1. The average molecular weight is 229 g/mol. The molecular formula is C12H14F3N. The van der Waals surface area contributed by atoms with E-state index in [1.807, 2.05) is 0 Å². The highest BCUT2D eigenvalue weighted by molar-refractivity contribution is 5.20. The quantitative estimate of drug-likeness (QED) is 0.782. The Labute approximate surface area is 92.7 Å². The summed E-state index contributed by atoms with van der Waals surface area (Å²) in [6.07, 6.45) is 2.33. The molecule has 0 atom stereocenters. The lowest BCUT2D eigenvalue weighted by Crippen LogP contribution is -2.22. The molecule has 1 nitrogen and oxygen atoms in total. The Morgan fingerprint density at radius 2 is 1.75 bits per heavy atom. The van der Waals surface area contributed by atoms with Crippen molar-refractivity contribution in [3.05, 3.63) is 35.1 Å². The molecule has 0 aromatic heterocycles. The Morgan fingerprint density at radius 3 is 2.38 bits per heavy atom. The van der Waals surface area contributed by atoms with Gasteiger partial charge < -0.3 is 5.32 Å². The van der Waals surface area contributed by atoms with Gasteiger partial charge in [-0.3, -0.25) is 0 Å². The van der Waals surface area contributed by atoms with Crippen LogP contribution < -0.4 is 5.32 Å². The molecule has 0 saturated heterocycles. The molecule has 0 heterocycles. The SMILES string of the molecule is CC1(CNCc2cc(F)c(F)cc2F)CC1. The second kappa shape index (κ2) is 4.09. The van der Waals surface area contributed by atoms with Crippen LogP contribution in [-0.4, -0.2) is 6.54 Å². The molecule has 1 aromatic rings. The summed E-state index contributed by atoms with van der Waals surface area (Å²) in [7, 11) is 0. The standard InChI is InChI=1S/C12H14F3N/c1-12(2-3-12)7-16-6-8-4-10(14)11(15)5-9(8)13/h4-5,16H,2-3,6-7H2,1H3. The van der Waals surface area contributed by atoms with E-state index in [1.54, 1.807) is 0 Å². The maximum Gasteiger partial charge on any atom is 0.161 e. The summed E-state index contributed by atoms with van der Waals surface area (Å²) < 4.78 is 38.7. The average Bonchev–Trinajstić information content (AvgIpc) is 2.93. The van der Waals surface area contributed by atoms with Gasteiger partial charge in [-0.05, 0) is 24.3 Å². The summed E-state index contributed by atoms with van der Waals surface area (Å²) in [4.78, 5) is 0. The number of hydrogen-bond donors (Lipinski definition) is 1. The van der Waals surface area contributed by atoms with Gasteiger partial charge in [0, 0.05) is 24.7 Å². The van der Waals surface area contributed by atoms with Crippen LogP contribution in [0.1, 0.15) is 25.3 Å². The van der Waals surface area contributed by atoms with Crippen molar-refractivity contribution in [3.63, 3.8) is 0 Å². The zero-order valence-corrected chi connectivity index (χ0v) is 9.12. The summed E-state index contributed by atoms with van der Waals surface area (Å²) >= 11 is 0. The fourth-order valence-electron chi connectivity index (χ4n) is 1.59. The van der Waals surface area contributed by atoms with Crippen molar-refractivity contribution in [2.75, 3.05) is 6.54 Å². The van der Waals surface area contributed by atoms with Crippen LogP contribution in [0.2, 0.25) is 0 Å². The molecule has 1 N–H and O–H groups in total. The van der Waals surface area contributed by atoms with Crippen LogP contribution in [0.4, 0.5) is 13.2 Å². The number of halogens is 3. The molecule has 0 aliphatic heterocycles. The van der Waals surface area contributed by atoms with Crippen LogP contribution in [0.3, 0.4) is 0 Å². The molecular weight excluding hydrogens is 215 g/mol. The molecule has 4 heteroatoms. The monoisotopic (exact) mass is 229 g/mol. The second-order valence-electron chi connectivity index (χ2n) is 4.77. The van der Waals surface area contributed by atoms with Gasteiger partial charge in [0.25, 0.3) is 0 Å². The smallest absolute Gasteiger partial charge is 0.161 e. The Balaban J connectivity index is 1.95. The normalized spacial score (nSPS) is 17.5. The maximum absolute atomic E-state index is 13.2. The third-order valence-electron chi connectivity index (χ3n) is 3.06. The van der Waals surface area contributed by atoms with Crippen molar-refractivity contribution >= 4 is 0 Å². The van der Waals surface area contributed by atoms with Crippen molar-refractivity contribution in [2.45, 2.75) is 26.3 Å². The molecule has 2 rings (SSSR count). The lowest BCUT2D eigenvalue weighted by Gasteiger charge is -2.10. The lowest BCUT2D eigenvalue weighted by atomic mass is 10.1. The first-order valence-corrected chi connectivity index (χ1v) is 5.34. The van der Waals surface area contributed by atoms with Crippen LogP contribution in [0.15, 0.2) is 12.1 Å². The molecule has 0 amide bonds. The highest BCUT2D eigenvalue weighted by Crippen LogP contribution is 2.44. The highest BCUT2D eigenvalue weighted by atomic mass is 19.2. The van der Waals surface area contributed by atoms with Gasteiger partial charge in [0.1, 0.15) is 5.82 Å². The van der Waals surface area contributed by atoms with Crippen molar-refractivity contribution in [1.29, 1.82) is 0 Å². The van der Waals surface area contributed by atoms with E-state index in [9.17, 15) is 13.2 Å². The number of benzene rings is 1. The van der Waals surface area contributed by atoms with Crippen molar-refractivity contribution < 1.29 is 13.2 Å². The van der Waals surface area contributed by atoms with Crippen LogP contribution >= 0.6 is 0 Å². The summed E-state index contributed by atoms with van der Waals surface area (Å²) in [5, 5.41) is 3.06. The Hall–Kier alpha value is -1.03. The van der Waals surface area contributed by atoms with Gasteiger partial charge in [-0.2, -0.15) is 0 Å². The van der Waals surface area contributed by atoms with E-state index >= 15 is 0 Å². The predicted octanol–water partition coefficient (Wildman–Crippen LogP) is 2.99. The molecule has 0 bridgehead atoms. The molecule has 16 heavy (non-hydrogen) atoms. The van der Waals surface area contributed by atoms with E-state index in [0.29, 0.717) is 11.5 Å². The van der Waals surface area contributed by atoms with E-state index in [4.69, 9.17) is 0 Å². The Morgan fingerprint density at radius 1 is 1.12 bits per heavy atom. The van der Waals surface area contributed by atoms with Crippen molar-refractivity contribution in [2.24, 2.45) is 5.41 Å². The van der Waals surface area contributed by atoms with Crippen molar-refractivity contribution in [3.8, 4) is 0 Å². The molecule has 88 valence electrons. The molecule has 1 aliphatic carbocycles. The van der Waals surface area contributed by atoms with Gasteiger partial charge in [0.15, 0.2) is 11.6 Å². The molecule has 0 unspecified atom stereocenters. The van der Waals surface area contributed by atoms with Crippen LogP contribution in [-0.2, 0) is 6.54 Å². The fourth-order valence-corrected chi connectivity index (χ4v) is 1.59. The van der Waals surface area contributed by atoms with E-state index in [0.717, 1.165) is 12.6 Å². The molecule has 1 aliphatic rings.